The fraction of sp³-hybridized carbons (Fsp3) is 0.562. The van der Waals surface area contributed by atoms with Crippen LogP contribution in [-0.2, 0) is 19.2 Å². The van der Waals surface area contributed by atoms with Gasteiger partial charge < -0.3 is 16.0 Å². The summed E-state index contributed by atoms with van der Waals surface area (Å²) in [6.45, 7) is 19.4. The number of rotatable bonds is 14. The van der Waals surface area contributed by atoms with Crippen LogP contribution in [0.3, 0.4) is 0 Å². The van der Waals surface area contributed by atoms with Gasteiger partial charge in [0.25, 0.3) is 5.91 Å². The third-order valence-electron chi connectivity index (χ3n) is 7.49. The third-order valence-corrected chi connectivity index (χ3v) is 7.49. The topological polar surface area (TPSA) is 120 Å². The first-order valence-electron chi connectivity index (χ1n) is 14.6. The number of carbonyl (C=O) groups excluding carboxylic acids is 4. The zero-order chi connectivity index (χ0) is 30.7. The molecule has 9 nitrogen and oxygen atoms in total. The predicted molar refractivity (Wildman–Crippen MR) is 163 cm³/mol. The van der Waals surface area contributed by atoms with E-state index in [2.05, 4.69) is 48.4 Å². The lowest BCUT2D eigenvalue weighted by atomic mass is 9.84. The normalized spacial score (nSPS) is 17.6. The lowest BCUT2D eigenvalue weighted by molar-refractivity contribution is -0.143. The van der Waals surface area contributed by atoms with Gasteiger partial charge in [0, 0.05) is 13.0 Å². The zero-order valence-electron chi connectivity index (χ0n) is 25.6. The van der Waals surface area contributed by atoms with Crippen LogP contribution < -0.4 is 21.4 Å². The van der Waals surface area contributed by atoms with Crippen molar-refractivity contribution < 1.29 is 19.2 Å². The molecule has 1 fully saturated rings. The second kappa shape index (κ2) is 15.5. The molecule has 226 valence electrons. The highest BCUT2D eigenvalue weighted by atomic mass is 16.2. The lowest BCUT2D eigenvalue weighted by Crippen LogP contribution is -2.62. The van der Waals surface area contributed by atoms with E-state index in [1.807, 2.05) is 51.1 Å². The molecular formula is C32H49N5O4. The van der Waals surface area contributed by atoms with Crippen LogP contribution in [0.25, 0.3) is 6.08 Å². The van der Waals surface area contributed by atoms with E-state index in [4.69, 9.17) is 0 Å². The molecule has 4 amide bonds. The highest BCUT2D eigenvalue weighted by Gasteiger charge is 2.33. The van der Waals surface area contributed by atoms with Crippen molar-refractivity contribution in [2.75, 3.05) is 6.54 Å². The molecule has 2 rings (SSSR count). The largest absolute Gasteiger partial charge is 0.348 e. The van der Waals surface area contributed by atoms with Crippen LogP contribution in [0, 0.1) is 11.3 Å². The Kier molecular flexibility index (Phi) is 12.8. The van der Waals surface area contributed by atoms with Crippen LogP contribution in [-0.4, -0.2) is 53.3 Å². The Morgan fingerprint density at radius 2 is 1.80 bits per heavy atom. The first-order chi connectivity index (χ1) is 19.3. The summed E-state index contributed by atoms with van der Waals surface area (Å²) in [5.41, 5.74) is 4.92. The number of hydrogen-bond donors (Lipinski definition) is 4. The van der Waals surface area contributed by atoms with Gasteiger partial charge in [-0.2, -0.15) is 0 Å². The molecule has 4 atom stereocenters. The average molecular weight is 568 g/mol. The lowest BCUT2D eigenvalue weighted by Gasteiger charge is -2.35. The Balaban J connectivity index is 1.93. The molecule has 0 aliphatic carbocycles. The SMILES string of the molecule is C=CCC(C)(C)CCC(=O)NC(C(=O)N[C@@H](C)C(=O)N1CCC[C@@H](C(=O)N[C@H](C)c2cccc(C=C)c2)N1)C(C)C. The van der Waals surface area contributed by atoms with E-state index in [9.17, 15) is 19.2 Å². The number of hydrazine groups is 1. The fourth-order valence-electron chi connectivity index (χ4n) is 4.81. The second-order valence-electron chi connectivity index (χ2n) is 12.1. The Labute approximate surface area is 245 Å². The number of carbonyl (C=O) groups is 4. The number of hydrogen-bond acceptors (Lipinski definition) is 5. The van der Waals surface area contributed by atoms with Crippen molar-refractivity contribution in [1.29, 1.82) is 0 Å². The fourth-order valence-corrected chi connectivity index (χ4v) is 4.81. The Morgan fingerprint density at radius 3 is 2.44 bits per heavy atom. The molecule has 1 aliphatic heterocycles. The van der Waals surface area contributed by atoms with Gasteiger partial charge in [-0.05, 0) is 68.1 Å². The van der Waals surface area contributed by atoms with Gasteiger partial charge in [-0.1, -0.05) is 64.6 Å². The van der Waals surface area contributed by atoms with Crippen LogP contribution >= 0.6 is 0 Å². The molecule has 0 bridgehead atoms. The van der Waals surface area contributed by atoms with Crippen LogP contribution in [0.4, 0.5) is 0 Å². The van der Waals surface area contributed by atoms with E-state index in [1.54, 1.807) is 13.0 Å². The van der Waals surface area contributed by atoms with Crippen LogP contribution in [0.5, 0.6) is 0 Å². The minimum atomic E-state index is -0.845. The molecule has 41 heavy (non-hydrogen) atoms. The molecule has 0 saturated carbocycles. The van der Waals surface area contributed by atoms with E-state index in [0.29, 0.717) is 32.2 Å². The molecule has 0 spiro atoms. The molecule has 1 heterocycles. The van der Waals surface area contributed by atoms with Gasteiger partial charge in [0.15, 0.2) is 0 Å². The third kappa shape index (κ3) is 10.5. The Bertz CT molecular complexity index is 1100. The molecule has 9 heteroatoms. The standard InChI is InChI=1S/C32H49N5O4/c1-9-17-32(7,8)18-16-27(38)35-28(21(3)4)30(40)34-23(6)31(41)37-19-12-15-26(36-37)29(39)33-22(5)25-14-11-13-24(10-2)20-25/h9-11,13-14,20-23,26,28,36H,1-2,12,15-19H2,3-8H3,(H,33,39)(H,34,40)(H,35,38)/t22-,23+,26+,28?/m1/s1. The second-order valence-corrected chi connectivity index (χ2v) is 12.1. The van der Waals surface area contributed by atoms with Gasteiger partial charge >= 0.3 is 0 Å². The van der Waals surface area contributed by atoms with Crippen molar-refractivity contribution in [2.24, 2.45) is 11.3 Å². The quantitative estimate of drug-likeness (QED) is 0.253. The van der Waals surface area contributed by atoms with Crippen molar-refractivity contribution in [3.63, 3.8) is 0 Å². The van der Waals surface area contributed by atoms with Crippen molar-refractivity contribution >= 4 is 29.7 Å². The molecule has 1 saturated heterocycles. The molecular weight excluding hydrogens is 518 g/mol. The van der Waals surface area contributed by atoms with Crippen LogP contribution in [0.1, 0.15) is 90.8 Å². The van der Waals surface area contributed by atoms with Crippen LogP contribution in [0.15, 0.2) is 43.5 Å². The first kappa shape index (κ1) is 33.7. The van der Waals surface area contributed by atoms with Crippen molar-refractivity contribution in [1.82, 2.24) is 26.4 Å². The van der Waals surface area contributed by atoms with Gasteiger partial charge in [-0.25, -0.2) is 5.43 Å². The van der Waals surface area contributed by atoms with E-state index in [0.717, 1.165) is 17.5 Å². The van der Waals surface area contributed by atoms with Crippen molar-refractivity contribution in [3.8, 4) is 0 Å². The summed E-state index contributed by atoms with van der Waals surface area (Å²) in [7, 11) is 0. The van der Waals surface area contributed by atoms with Gasteiger partial charge in [-0.15, -0.1) is 6.58 Å². The smallest absolute Gasteiger partial charge is 0.258 e. The average Bonchev–Trinajstić information content (AvgIpc) is 2.94. The van der Waals surface area contributed by atoms with E-state index >= 15 is 0 Å². The maximum atomic E-state index is 13.2. The zero-order valence-corrected chi connectivity index (χ0v) is 25.6. The molecule has 1 aliphatic rings. The Morgan fingerprint density at radius 1 is 1.10 bits per heavy atom. The summed E-state index contributed by atoms with van der Waals surface area (Å²) < 4.78 is 0. The summed E-state index contributed by atoms with van der Waals surface area (Å²) in [4.78, 5) is 52.0. The highest BCUT2D eigenvalue weighted by Crippen LogP contribution is 2.27. The summed E-state index contributed by atoms with van der Waals surface area (Å²) >= 11 is 0. The minimum absolute atomic E-state index is 0.0551. The molecule has 0 radical (unpaired) electrons. The van der Waals surface area contributed by atoms with Gasteiger partial charge in [0.2, 0.25) is 17.7 Å². The van der Waals surface area contributed by atoms with Gasteiger partial charge in [0.1, 0.15) is 18.1 Å². The molecule has 4 N–H and O–H groups in total. The van der Waals surface area contributed by atoms with E-state index in [1.165, 1.54) is 5.01 Å². The number of nitrogens with one attached hydrogen (secondary N) is 4. The summed E-state index contributed by atoms with van der Waals surface area (Å²) in [6.07, 6.45) is 6.59. The summed E-state index contributed by atoms with van der Waals surface area (Å²) in [5.74, 6) is -1.33. The molecule has 1 unspecified atom stereocenters. The van der Waals surface area contributed by atoms with Gasteiger partial charge in [0.05, 0.1) is 6.04 Å². The maximum Gasteiger partial charge on any atom is 0.258 e. The molecule has 0 aromatic heterocycles. The highest BCUT2D eigenvalue weighted by molar-refractivity contribution is 5.92. The van der Waals surface area contributed by atoms with Gasteiger partial charge in [-0.3, -0.25) is 24.2 Å². The predicted octanol–water partition coefficient (Wildman–Crippen LogP) is 4.03. The monoisotopic (exact) mass is 567 g/mol. The first-order valence-corrected chi connectivity index (χ1v) is 14.6. The molecule has 1 aromatic carbocycles. The minimum Gasteiger partial charge on any atom is -0.348 e. The summed E-state index contributed by atoms with van der Waals surface area (Å²) in [5, 5.41) is 10.0. The van der Waals surface area contributed by atoms with E-state index in [-0.39, 0.29) is 35.1 Å². The van der Waals surface area contributed by atoms with Crippen LogP contribution in [0.2, 0.25) is 0 Å². The number of allylic oxidation sites excluding steroid dienone is 1. The van der Waals surface area contributed by atoms with Crippen molar-refractivity contribution in [2.45, 2.75) is 97.8 Å². The maximum absolute atomic E-state index is 13.2. The Hall–Kier alpha value is -3.46. The summed E-state index contributed by atoms with van der Waals surface area (Å²) in [6, 6.07) is 5.38. The van der Waals surface area contributed by atoms with Crippen molar-refractivity contribution in [3.05, 3.63) is 54.6 Å². The number of nitrogens with zero attached hydrogens (tertiary/aromatic N) is 1. The number of benzene rings is 1. The van der Waals surface area contributed by atoms with E-state index < -0.39 is 24.0 Å². The number of amides is 4. The molecule has 1 aromatic rings.